The van der Waals surface area contributed by atoms with E-state index in [4.69, 9.17) is 4.52 Å². The number of nitrogens with one attached hydrogen (secondary N) is 1. The van der Waals surface area contributed by atoms with E-state index in [0.717, 1.165) is 6.42 Å². The summed E-state index contributed by atoms with van der Waals surface area (Å²) in [6.45, 7) is 7.65. The van der Waals surface area contributed by atoms with Crippen LogP contribution in [0.15, 0.2) is 4.52 Å². The van der Waals surface area contributed by atoms with Crippen LogP contribution in [0.3, 0.4) is 0 Å². The van der Waals surface area contributed by atoms with Crippen molar-refractivity contribution in [3.63, 3.8) is 0 Å². The van der Waals surface area contributed by atoms with Crippen molar-refractivity contribution in [2.75, 3.05) is 0 Å². The number of amides is 1. The van der Waals surface area contributed by atoms with Gasteiger partial charge in [-0.05, 0) is 19.8 Å². The van der Waals surface area contributed by atoms with Crippen molar-refractivity contribution in [2.24, 2.45) is 5.41 Å². The van der Waals surface area contributed by atoms with Crippen molar-refractivity contribution in [1.29, 1.82) is 0 Å². The highest BCUT2D eigenvalue weighted by molar-refractivity contribution is 5.85. The maximum absolute atomic E-state index is 12.1. The lowest BCUT2D eigenvalue weighted by Gasteiger charge is -2.37. The molecule has 0 radical (unpaired) electrons. The Morgan fingerprint density at radius 1 is 1.41 bits per heavy atom. The zero-order chi connectivity index (χ0) is 16.5. The van der Waals surface area contributed by atoms with Gasteiger partial charge in [0, 0.05) is 11.8 Å². The molecule has 0 saturated heterocycles. The van der Waals surface area contributed by atoms with Crippen LogP contribution in [-0.2, 0) is 15.0 Å². The number of aromatic nitrogens is 2. The van der Waals surface area contributed by atoms with E-state index >= 15 is 0 Å². The van der Waals surface area contributed by atoms with Gasteiger partial charge in [0.1, 0.15) is 6.04 Å². The molecule has 122 valence electrons. The molecule has 1 heterocycles. The standard InChI is InChI=1S/C15H23N3O4/c1-9(11-17-12(18-22-11)14(2,3)4)16-10(19)8-15(13(20)21)6-5-7-15/h9H,5-8H2,1-4H3,(H,16,19)(H,20,21). The molecule has 1 unspecified atom stereocenters. The fourth-order valence-electron chi connectivity index (χ4n) is 2.45. The average Bonchev–Trinajstić information content (AvgIpc) is 2.82. The largest absolute Gasteiger partial charge is 0.481 e. The number of aliphatic carboxylic acids is 1. The van der Waals surface area contributed by atoms with E-state index in [2.05, 4.69) is 15.5 Å². The predicted octanol–water partition coefficient (Wildman–Crippen LogP) is 2.19. The fourth-order valence-corrected chi connectivity index (χ4v) is 2.45. The highest BCUT2D eigenvalue weighted by atomic mass is 16.5. The van der Waals surface area contributed by atoms with Crippen LogP contribution < -0.4 is 5.32 Å². The average molecular weight is 309 g/mol. The van der Waals surface area contributed by atoms with Crippen LogP contribution in [0.2, 0.25) is 0 Å². The third-order valence-electron chi connectivity index (χ3n) is 4.12. The van der Waals surface area contributed by atoms with Gasteiger partial charge in [0.15, 0.2) is 5.82 Å². The van der Waals surface area contributed by atoms with E-state index in [0.29, 0.717) is 24.6 Å². The smallest absolute Gasteiger partial charge is 0.310 e. The molecule has 1 aromatic heterocycles. The first-order valence-corrected chi connectivity index (χ1v) is 7.51. The molecule has 1 amide bonds. The van der Waals surface area contributed by atoms with Crippen LogP contribution >= 0.6 is 0 Å². The number of carbonyl (C=O) groups is 2. The van der Waals surface area contributed by atoms with Gasteiger partial charge in [-0.1, -0.05) is 32.3 Å². The van der Waals surface area contributed by atoms with Crippen molar-refractivity contribution in [3.05, 3.63) is 11.7 Å². The zero-order valence-corrected chi connectivity index (χ0v) is 13.5. The molecule has 0 aromatic carbocycles. The molecule has 7 heteroatoms. The molecule has 0 aliphatic heterocycles. The summed E-state index contributed by atoms with van der Waals surface area (Å²) in [4.78, 5) is 27.7. The second-order valence-corrected chi connectivity index (χ2v) is 7.11. The van der Waals surface area contributed by atoms with E-state index in [1.165, 1.54) is 0 Å². The quantitative estimate of drug-likeness (QED) is 0.863. The topological polar surface area (TPSA) is 105 Å². The molecular formula is C15H23N3O4. The number of nitrogens with zero attached hydrogens (tertiary/aromatic N) is 2. The minimum absolute atomic E-state index is 0.00701. The van der Waals surface area contributed by atoms with Gasteiger partial charge in [-0.2, -0.15) is 4.98 Å². The van der Waals surface area contributed by atoms with Gasteiger partial charge in [-0.15, -0.1) is 0 Å². The summed E-state index contributed by atoms with van der Waals surface area (Å²) >= 11 is 0. The third kappa shape index (κ3) is 3.28. The maximum Gasteiger partial charge on any atom is 0.310 e. The van der Waals surface area contributed by atoms with Gasteiger partial charge in [-0.3, -0.25) is 9.59 Å². The highest BCUT2D eigenvalue weighted by Gasteiger charge is 2.46. The lowest BCUT2D eigenvalue weighted by Crippen LogP contribution is -2.43. The molecule has 1 atom stereocenters. The SMILES string of the molecule is CC(NC(=O)CC1(C(=O)O)CCC1)c1nc(C(C)(C)C)no1. The van der Waals surface area contributed by atoms with Crippen molar-refractivity contribution in [2.45, 2.75) is 64.8 Å². The van der Waals surface area contributed by atoms with E-state index in [9.17, 15) is 14.7 Å². The third-order valence-corrected chi connectivity index (χ3v) is 4.12. The van der Waals surface area contributed by atoms with Gasteiger partial charge in [0.2, 0.25) is 11.8 Å². The molecule has 1 aliphatic carbocycles. The summed E-state index contributed by atoms with van der Waals surface area (Å²) < 4.78 is 5.18. The molecule has 2 rings (SSSR count). The number of carbonyl (C=O) groups excluding carboxylic acids is 1. The Morgan fingerprint density at radius 2 is 2.05 bits per heavy atom. The van der Waals surface area contributed by atoms with Crippen molar-refractivity contribution >= 4 is 11.9 Å². The molecule has 1 aromatic rings. The molecule has 1 aliphatic rings. The molecule has 1 fully saturated rings. The Hall–Kier alpha value is -1.92. The van der Waals surface area contributed by atoms with E-state index < -0.39 is 17.4 Å². The van der Waals surface area contributed by atoms with Crippen molar-refractivity contribution in [1.82, 2.24) is 15.5 Å². The minimum atomic E-state index is -0.894. The number of hydrogen-bond acceptors (Lipinski definition) is 5. The molecule has 2 N–H and O–H groups in total. The first-order valence-electron chi connectivity index (χ1n) is 7.51. The normalized spacial score (nSPS) is 18.4. The van der Waals surface area contributed by atoms with Gasteiger partial charge < -0.3 is 14.9 Å². The lowest BCUT2D eigenvalue weighted by atomic mass is 9.66. The molecule has 1 saturated carbocycles. The molecule has 0 spiro atoms. The van der Waals surface area contributed by atoms with E-state index in [1.807, 2.05) is 20.8 Å². The van der Waals surface area contributed by atoms with Crippen LogP contribution in [0.5, 0.6) is 0 Å². The summed E-state index contributed by atoms with van der Waals surface area (Å²) in [6, 6.07) is -0.443. The van der Waals surface area contributed by atoms with E-state index in [1.54, 1.807) is 6.92 Å². The first kappa shape index (κ1) is 16.5. The van der Waals surface area contributed by atoms with Gasteiger partial charge in [-0.25, -0.2) is 0 Å². The second kappa shape index (κ2) is 5.70. The van der Waals surface area contributed by atoms with Crippen molar-refractivity contribution < 1.29 is 19.2 Å². The summed E-state index contributed by atoms with van der Waals surface area (Å²) in [5.74, 6) is -0.291. The summed E-state index contributed by atoms with van der Waals surface area (Å²) in [7, 11) is 0. The number of carboxylic acid groups (broad SMARTS) is 1. The van der Waals surface area contributed by atoms with Crippen LogP contribution in [0.25, 0.3) is 0 Å². The van der Waals surface area contributed by atoms with Crippen LogP contribution in [0.4, 0.5) is 0 Å². The zero-order valence-electron chi connectivity index (χ0n) is 13.5. The first-order chi connectivity index (χ1) is 10.1. The number of hydrogen-bond donors (Lipinski definition) is 2. The Kier molecular flexibility index (Phi) is 4.26. The van der Waals surface area contributed by atoms with Crippen LogP contribution in [0, 0.1) is 5.41 Å². The summed E-state index contributed by atoms with van der Waals surface area (Å²) in [5, 5.41) is 15.9. The monoisotopic (exact) mass is 309 g/mol. The Labute approximate surface area is 129 Å². The fraction of sp³-hybridized carbons (Fsp3) is 0.733. The van der Waals surface area contributed by atoms with Gasteiger partial charge >= 0.3 is 5.97 Å². The molecule has 7 nitrogen and oxygen atoms in total. The highest BCUT2D eigenvalue weighted by Crippen LogP contribution is 2.44. The minimum Gasteiger partial charge on any atom is -0.481 e. The second-order valence-electron chi connectivity index (χ2n) is 7.11. The maximum atomic E-state index is 12.1. The Morgan fingerprint density at radius 3 is 2.45 bits per heavy atom. The molecule has 22 heavy (non-hydrogen) atoms. The number of rotatable bonds is 5. The summed E-state index contributed by atoms with van der Waals surface area (Å²) in [6.07, 6.45) is 1.96. The Balaban J connectivity index is 1.97. The lowest BCUT2D eigenvalue weighted by molar-refractivity contribution is -0.157. The summed E-state index contributed by atoms with van der Waals surface area (Å²) in [5.41, 5.74) is -1.13. The molecular weight excluding hydrogens is 286 g/mol. The van der Waals surface area contributed by atoms with Gasteiger partial charge in [0.05, 0.1) is 5.41 Å². The molecule has 0 bridgehead atoms. The van der Waals surface area contributed by atoms with E-state index in [-0.39, 0.29) is 17.7 Å². The predicted molar refractivity (Wildman–Crippen MR) is 78.1 cm³/mol. The van der Waals surface area contributed by atoms with Crippen molar-refractivity contribution in [3.8, 4) is 0 Å². The Bertz CT molecular complexity index is 570. The van der Waals surface area contributed by atoms with Gasteiger partial charge in [0.25, 0.3) is 0 Å². The van der Waals surface area contributed by atoms with Crippen LogP contribution in [0.1, 0.15) is 71.1 Å². The number of carboxylic acids is 1. The van der Waals surface area contributed by atoms with Crippen LogP contribution in [-0.4, -0.2) is 27.1 Å².